The maximum atomic E-state index is 12.0. The van der Waals surface area contributed by atoms with Crippen molar-refractivity contribution in [3.63, 3.8) is 0 Å². The Kier molecular flexibility index (Phi) is 6.13. The van der Waals surface area contributed by atoms with Gasteiger partial charge in [-0.1, -0.05) is 149 Å². The normalized spacial score (nSPS) is 19.0. The number of benzene rings is 7. The first-order valence-electron chi connectivity index (χ1n) is 17.9. The predicted octanol–water partition coefficient (Wildman–Crippen LogP) is 12.7. The summed E-state index contributed by atoms with van der Waals surface area (Å²) in [6.45, 7) is 9.72. The van der Waals surface area contributed by atoms with E-state index in [1.807, 2.05) is 0 Å². The van der Waals surface area contributed by atoms with Crippen molar-refractivity contribution in [2.45, 2.75) is 62.2 Å². The fourth-order valence-corrected chi connectivity index (χ4v) is 12.1. The lowest BCUT2D eigenvalue weighted by Crippen LogP contribution is -2.43. The van der Waals surface area contributed by atoms with Crippen LogP contribution in [0.5, 0.6) is 11.5 Å². The molecule has 0 bridgehead atoms. The molecule has 2 nitrogen and oxygen atoms in total. The highest BCUT2D eigenvalue weighted by Gasteiger charge is 2.54. The molecule has 10 rings (SSSR count). The molecule has 2 aliphatic carbocycles. The molecule has 1 heterocycles. The quantitative estimate of drug-likeness (QED) is 0.199. The van der Waals surface area contributed by atoms with Gasteiger partial charge in [-0.3, -0.25) is 0 Å². The molecule has 0 amide bonds. The zero-order chi connectivity index (χ0) is 34.0. The molecule has 0 aromatic heterocycles. The van der Waals surface area contributed by atoms with Crippen molar-refractivity contribution < 1.29 is 9.84 Å². The number of hydrogen-bond acceptors (Lipinski definition) is 3. The standard InChI is InChI=1S/C47H40O2S/c1-44(2)26-45(3,4)28-46(27-44)36-20-10-9-19-33(36)43-35-24-42-41(23-34(35)40(48)25-39(43)46)49-47(50-42,37-21-11-15-29-13-5-7-17-31(29)37)38-22-12-16-30-14-6-8-18-32(30)38/h5-25,48H,26-28H2,1-4H3. The third-order valence-corrected chi connectivity index (χ3v) is 13.1. The summed E-state index contributed by atoms with van der Waals surface area (Å²) >= 11 is 1.79. The number of thioether (sulfide) groups is 1. The lowest BCUT2D eigenvalue weighted by molar-refractivity contribution is 0.0645. The van der Waals surface area contributed by atoms with Crippen LogP contribution in [0.4, 0.5) is 0 Å². The van der Waals surface area contributed by atoms with Crippen LogP contribution in [0, 0.1) is 10.8 Å². The highest BCUT2D eigenvalue weighted by atomic mass is 32.2. The molecular weight excluding hydrogens is 629 g/mol. The summed E-state index contributed by atoms with van der Waals surface area (Å²) in [6.07, 6.45) is 3.31. The highest BCUT2D eigenvalue weighted by molar-refractivity contribution is 8.00. The molecule has 0 unspecified atom stereocenters. The molecular formula is C47H40O2S. The number of rotatable bonds is 2. The average Bonchev–Trinajstić information content (AvgIpc) is 3.59. The van der Waals surface area contributed by atoms with E-state index in [1.165, 1.54) is 50.2 Å². The Morgan fingerprint density at radius 3 is 1.76 bits per heavy atom. The third kappa shape index (κ3) is 4.16. The first-order chi connectivity index (χ1) is 24.1. The molecule has 0 radical (unpaired) electrons. The van der Waals surface area contributed by atoms with E-state index < -0.39 is 4.93 Å². The van der Waals surface area contributed by atoms with Crippen LogP contribution in [0.15, 0.2) is 132 Å². The van der Waals surface area contributed by atoms with Crippen molar-refractivity contribution in [1.29, 1.82) is 0 Å². The molecule has 1 fully saturated rings. The van der Waals surface area contributed by atoms with Gasteiger partial charge in [-0.05, 0) is 97.5 Å². The van der Waals surface area contributed by atoms with E-state index in [0.29, 0.717) is 5.75 Å². The molecule has 3 heteroatoms. The van der Waals surface area contributed by atoms with Crippen LogP contribution in [0.2, 0.25) is 0 Å². The second-order valence-electron chi connectivity index (χ2n) is 16.5. The fourth-order valence-electron chi connectivity index (χ4n) is 10.7. The molecule has 0 saturated heterocycles. The van der Waals surface area contributed by atoms with Gasteiger partial charge in [0.05, 0.1) is 4.90 Å². The Morgan fingerprint density at radius 1 is 0.540 bits per heavy atom. The van der Waals surface area contributed by atoms with Crippen LogP contribution in [0.1, 0.15) is 69.2 Å². The zero-order valence-electron chi connectivity index (χ0n) is 29.0. The summed E-state index contributed by atoms with van der Waals surface area (Å²) in [5.74, 6) is 1.14. The van der Waals surface area contributed by atoms with E-state index in [-0.39, 0.29) is 16.2 Å². The van der Waals surface area contributed by atoms with Crippen LogP contribution >= 0.6 is 11.8 Å². The van der Waals surface area contributed by atoms with Gasteiger partial charge < -0.3 is 9.84 Å². The van der Waals surface area contributed by atoms with Gasteiger partial charge in [0.1, 0.15) is 11.5 Å². The average molecular weight is 669 g/mol. The Morgan fingerprint density at radius 2 is 1.10 bits per heavy atom. The van der Waals surface area contributed by atoms with E-state index >= 15 is 0 Å². The first-order valence-corrected chi connectivity index (χ1v) is 18.7. The molecule has 1 spiro atoms. The Balaban J connectivity index is 1.24. The number of fused-ring (bicyclic) bond motifs is 10. The molecule has 7 aromatic rings. The molecule has 246 valence electrons. The largest absolute Gasteiger partial charge is 0.507 e. The minimum Gasteiger partial charge on any atom is -0.507 e. The highest BCUT2D eigenvalue weighted by Crippen LogP contribution is 2.66. The maximum Gasteiger partial charge on any atom is 0.211 e. The molecule has 50 heavy (non-hydrogen) atoms. The van der Waals surface area contributed by atoms with Gasteiger partial charge >= 0.3 is 0 Å². The third-order valence-electron chi connectivity index (χ3n) is 11.7. The SMILES string of the molecule is CC1(C)CC(C)(C)CC2(C1)c1ccccc1-c1c2cc(O)c2cc3c(cc12)SC(c1cccc2ccccc12)(c1cccc2ccccc12)O3. The van der Waals surface area contributed by atoms with Crippen molar-refractivity contribution in [2.24, 2.45) is 10.8 Å². The number of aromatic hydroxyl groups is 1. The monoisotopic (exact) mass is 668 g/mol. The van der Waals surface area contributed by atoms with Crippen molar-refractivity contribution in [2.75, 3.05) is 0 Å². The summed E-state index contributed by atoms with van der Waals surface area (Å²) in [5, 5.41) is 18.7. The second kappa shape index (κ2) is 10.2. The van der Waals surface area contributed by atoms with Crippen molar-refractivity contribution in [3.8, 4) is 22.6 Å². The fraction of sp³-hybridized carbons (Fsp3) is 0.234. The molecule has 0 atom stereocenters. The number of phenols is 1. The molecule has 1 saturated carbocycles. The van der Waals surface area contributed by atoms with Crippen molar-refractivity contribution in [3.05, 3.63) is 150 Å². The van der Waals surface area contributed by atoms with Crippen molar-refractivity contribution in [1.82, 2.24) is 0 Å². The maximum absolute atomic E-state index is 12.0. The van der Waals surface area contributed by atoms with Crippen LogP contribution in [-0.4, -0.2) is 5.11 Å². The van der Waals surface area contributed by atoms with Gasteiger partial charge in [0, 0.05) is 21.9 Å². The lowest BCUT2D eigenvalue weighted by atomic mass is 9.52. The molecule has 7 aromatic carbocycles. The Labute approximate surface area is 298 Å². The van der Waals surface area contributed by atoms with Gasteiger partial charge in [0.2, 0.25) is 4.93 Å². The minimum atomic E-state index is -0.837. The number of phenolic OH excluding ortho intramolecular Hbond substituents is 1. The molecule has 1 N–H and O–H groups in total. The number of ether oxygens (including phenoxy) is 1. The van der Waals surface area contributed by atoms with Gasteiger partial charge in [-0.15, -0.1) is 0 Å². The van der Waals surface area contributed by atoms with E-state index in [1.54, 1.807) is 11.8 Å². The summed E-state index contributed by atoms with van der Waals surface area (Å²) < 4.78 is 7.35. The van der Waals surface area contributed by atoms with E-state index in [0.717, 1.165) is 45.4 Å². The summed E-state index contributed by atoms with van der Waals surface area (Å²) in [5.41, 5.74) is 7.71. The molecule has 3 aliphatic rings. The van der Waals surface area contributed by atoms with Gasteiger partial charge in [0.15, 0.2) is 0 Å². The zero-order valence-corrected chi connectivity index (χ0v) is 29.8. The molecule has 1 aliphatic heterocycles. The Hall–Kier alpha value is -4.73. The van der Waals surface area contributed by atoms with Crippen LogP contribution in [-0.2, 0) is 10.3 Å². The van der Waals surface area contributed by atoms with Gasteiger partial charge in [0.25, 0.3) is 0 Å². The van der Waals surface area contributed by atoms with E-state index in [9.17, 15) is 5.11 Å². The number of hydrogen-bond donors (Lipinski definition) is 1. The second-order valence-corrected chi connectivity index (χ2v) is 17.7. The van der Waals surface area contributed by atoms with E-state index in [2.05, 4.69) is 155 Å². The lowest BCUT2D eigenvalue weighted by Gasteiger charge is -2.51. The predicted molar refractivity (Wildman–Crippen MR) is 208 cm³/mol. The van der Waals surface area contributed by atoms with Crippen LogP contribution in [0.25, 0.3) is 43.4 Å². The smallest absolute Gasteiger partial charge is 0.211 e. The summed E-state index contributed by atoms with van der Waals surface area (Å²) in [7, 11) is 0. The van der Waals surface area contributed by atoms with E-state index in [4.69, 9.17) is 4.74 Å². The van der Waals surface area contributed by atoms with Crippen LogP contribution < -0.4 is 4.74 Å². The van der Waals surface area contributed by atoms with Gasteiger partial charge in [-0.25, -0.2) is 0 Å². The van der Waals surface area contributed by atoms with Gasteiger partial charge in [-0.2, -0.15) is 0 Å². The Bertz CT molecular complexity index is 2450. The first kappa shape index (κ1) is 30.1. The summed E-state index contributed by atoms with van der Waals surface area (Å²) in [4.78, 5) is 0.255. The minimum absolute atomic E-state index is 0.152. The van der Waals surface area contributed by atoms with Crippen molar-refractivity contribution >= 4 is 44.1 Å². The van der Waals surface area contributed by atoms with Crippen LogP contribution in [0.3, 0.4) is 0 Å². The summed E-state index contributed by atoms with van der Waals surface area (Å²) in [6, 6.07) is 45.9. The topological polar surface area (TPSA) is 29.5 Å².